The van der Waals surface area contributed by atoms with Gasteiger partial charge in [-0.15, -0.1) is 0 Å². The number of alkyl halides is 3. The fourth-order valence-corrected chi connectivity index (χ4v) is 2.86. The van der Waals surface area contributed by atoms with E-state index in [0.29, 0.717) is 25.0 Å². The second kappa shape index (κ2) is 6.13. The Labute approximate surface area is 127 Å². The standard InChI is InChI=1S/C18H17F3O/c19-18(20,21)17-9-5-4-8-16(17)14-10-15(11-14)22-12-13-6-2-1-3-7-13/h1-9,14-15H,10-12H2. The van der Waals surface area contributed by atoms with Crippen molar-refractivity contribution in [3.8, 4) is 0 Å². The topological polar surface area (TPSA) is 9.23 Å². The Balaban J connectivity index is 1.58. The Bertz CT molecular complexity index is 616. The lowest BCUT2D eigenvalue weighted by atomic mass is 9.76. The van der Waals surface area contributed by atoms with E-state index in [4.69, 9.17) is 4.74 Å². The molecule has 0 aromatic heterocycles. The van der Waals surface area contributed by atoms with E-state index in [2.05, 4.69) is 0 Å². The molecule has 4 heteroatoms. The molecule has 0 aliphatic heterocycles. The van der Waals surface area contributed by atoms with Crippen LogP contribution in [0.1, 0.15) is 35.4 Å². The quantitative estimate of drug-likeness (QED) is 0.757. The van der Waals surface area contributed by atoms with Gasteiger partial charge in [0.25, 0.3) is 0 Å². The lowest BCUT2D eigenvalue weighted by Gasteiger charge is -2.36. The highest BCUT2D eigenvalue weighted by molar-refractivity contribution is 5.34. The molecule has 1 saturated carbocycles. The van der Waals surface area contributed by atoms with Crippen molar-refractivity contribution >= 4 is 0 Å². The number of benzene rings is 2. The van der Waals surface area contributed by atoms with E-state index in [9.17, 15) is 13.2 Å². The summed E-state index contributed by atoms with van der Waals surface area (Å²) in [4.78, 5) is 0. The molecule has 0 radical (unpaired) electrons. The van der Waals surface area contributed by atoms with E-state index in [1.807, 2.05) is 30.3 Å². The van der Waals surface area contributed by atoms with E-state index in [-0.39, 0.29) is 12.0 Å². The molecule has 22 heavy (non-hydrogen) atoms. The maximum absolute atomic E-state index is 13.0. The lowest BCUT2D eigenvalue weighted by Crippen LogP contribution is -2.31. The van der Waals surface area contributed by atoms with Crippen LogP contribution in [0.2, 0.25) is 0 Å². The van der Waals surface area contributed by atoms with Crippen molar-refractivity contribution in [3.63, 3.8) is 0 Å². The van der Waals surface area contributed by atoms with Gasteiger partial charge in [-0.2, -0.15) is 13.2 Å². The minimum Gasteiger partial charge on any atom is -0.373 e. The molecule has 1 aliphatic rings. The summed E-state index contributed by atoms with van der Waals surface area (Å²) in [5.41, 5.74) is 0.970. The first-order valence-corrected chi connectivity index (χ1v) is 7.35. The summed E-state index contributed by atoms with van der Waals surface area (Å²) in [6.07, 6.45) is -2.93. The third-order valence-electron chi connectivity index (χ3n) is 4.13. The number of halogens is 3. The van der Waals surface area contributed by atoms with Gasteiger partial charge in [-0.05, 0) is 36.0 Å². The molecule has 0 spiro atoms. The minimum atomic E-state index is -4.29. The molecule has 1 nitrogen and oxygen atoms in total. The number of hydrogen-bond acceptors (Lipinski definition) is 1. The Kier molecular flexibility index (Phi) is 4.21. The van der Waals surface area contributed by atoms with Crippen LogP contribution in [0.15, 0.2) is 54.6 Å². The highest BCUT2D eigenvalue weighted by atomic mass is 19.4. The molecular formula is C18H17F3O. The Morgan fingerprint density at radius 2 is 1.55 bits per heavy atom. The van der Waals surface area contributed by atoms with Gasteiger partial charge in [-0.1, -0.05) is 48.5 Å². The molecule has 3 rings (SSSR count). The Morgan fingerprint density at radius 3 is 2.23 bits per heavy atom. The largest absolute Gasteiger partial charge is 0.416 e. The number of ether oxygens (including phenoxy) is 1. The van der Waals surface area contributed by atoms with Crippen LogP contribution in [0.4, 0.5) is 13.2 Å². The highest BCUT2D eigenvalue weighted by Crippen LogP contribution is 2.44. The van der Waals surface area contributed by atoms with Crippen LogP contribution >= 0.6 is 0 Å². The maximum atomic E-state index is 13.0. The van der Waals surface area contributed by atoms with Gasteiger partial charge in [0, 0.05) is 0 Å². The summed E-state index contributed by atoms with van der Waals surface area (Å²) in [6, 6.07) is 15.6. The van der Waals surface area contributed by atoms with Gasteiger partial charge < -0.3 is 4.74 Å². The van der Waals surface area contributed by atoms with Crippen molar-refractivity contribution < 1.29 is 17.9 Å². The van der Waals surface area contributed by atoms with E-state index in [1.165, 1.54) is 6.07 Å². The van der Waals surface area contributed by atoms with Crippen LogP contribution in [0, 0.1) is 0 Å². The zero-order chi connectivity index (χ0) is 15.6. The predicted molar refractivity (Wildman–Crippen MR) is 78.4 cm³/mol. The molecule has 0 N–H and O–H groups in total. The van der Waals surface area contributed by atoms with Crippen LogP contribution in [-0.2, 0) is 17.5 Å². The Hall–Kier alpha value is -1.81. The van der Waals surface area contributed by atoms with Crippen LogP contribution in [0.25, 0.3) is 0 Å². The van der Waals surface area contributed by atoms with Crippen molar-refractivity contribution in [2.75, 3.05) is 0 Å². The molecule has 0 atom stereocenters. The maximum Gasteiger partial charge on any atom is 0.416 e. The van der Waals surface area contributed by atoms with E-state index >= 15 is 0 Å². The van der Waals surface area contributed by atoms with Crippen molar-refractivity contribution in [2.45, 2.75) is 37.6 Å². The summed E-state index contributed by atoms with van der Waals surface area (Å²) < 4.78 is 44.8. The summed E-state index contributed by atoms with van der Waals surface area (Å²) in [5.74, 6) is -0.0569. The lowest BCUT2D eigenvalue weighted by molar-refractivity contribution is -0.139. The van der Waals surface area contributed by atoms with Crippen molar-refractivity contribution in [1.82, 2.24) is 0 Å². The summed E-state index contributed by atoms with van der Waals surface area (Å²) in [5, 5.41) is 0. The van der Waals surface area contributed by atoms with E-state index < -0.39 is 11.7 Å². The van der Waals surface area contributed by atoms with Gasteiger partial charge in [0.05, 0.1) is 18.3 Å². The molecule has 1 aliphatic carbocycles. The Morgan fingerprint density at radius 1 is 0.909 bits per heavy atom. The van der Waals surface area contributed by atoms with Crippen molar-refractivity contribution in [3.05, 3.63) is 71.3 Å². The molecule has 0 heterocycles. The average Bonchev–Trinajstić information content (AvgIpc) is 2.46. The third-order valence-corrected chi connectivity index (χ3v) is 4.13. The van der Waals surface area contributed by atoms with Crippen molar-refractivity contribution in [2.24, 2.45) is 0 Å². The van der Waals surface area contributed by atoms with Gasteiger partial charge in [-0.3, -0.25) is 0 Å². The SMILES string of the molecule is FC(F)(F)c1ccccc1C1CC(OCc2ccccc2)C1. The molecule has 116 valence electrons. The predicted octanol–water partition coefficient (Wildman–Crippen LogP) is 5.17. The highest BCUT2D eigenvalue weighted by Gasteiger charge is 2.39. The zero-order valence-corrected chi connectivity index (χ0v) is 12.0. The molecule has 2 aromatic carbocycles. The van der Waals surface area contributed by atoms with Crippen LogP contribution in [0.3, 0.4) is 0 Å². The third kappa shape index (κ3) is 3.33. The van der Waals surface area contributed by atoms with Gasteiger partial charge in [-0.25, -0.2) is 0 Å². The van der Waals surface area contributed by atoms with E-state index in [0.717, 1.165) is 11.6 Å². The minimum absolute atomic E-state index is 0.0477. The molecule has 2 aromatic rings. The van der Waals surface area contributed by atoms with Crippen LogP contribution < -0.4 is 0 Å². The normalized spacial score (nSPS) is 21.4. The van der Waals surface area contributed by atoms with Gasteiger partial charge in [0.2, 0.25) is 0 Å². The zero-order valence-electron chi connectivity index (χ0n) is 12.0. The molecule has 0 amide bonds. The summed E-state index contributed by atoms with van der Waals surface area (Å²) in [6.45, 7) is 0.513. The second-order valence-electron chi connectivity index (χ2n) is 5.67. The first kappa shape index (κ1) is 15.1. The summed E-state index contributed by atoms with van der Waals surface area (Å²) in [7, 11) is 0. The van der Waals surface area contributed by atoms with Crippen molar-refractivity contribution in [1.29, 1.82) is 0 Å². The molecule has 0 bridgehead atoms. The molecule has 0 saturated heterocycles. The van der Waals surface area contributed by atoms with Gasteiger partial charge in [0.1, 0.15) is 0 Å². The van der Waals surface area contributed by atoms with Gasteiger partial charge >= 0.3 is 6.18 Å². The number of rotatable bonds is 4. The first-order chi connectivity index (χ1) is 10.5. The smallest absolute Gasteiger partial charge is 0.373 e. The average molecular weight is 306 g/mol. The first-order valence-electron chi connectivity index (χ1n) is 7.35. The molecule has 0 unspecified atom stereocenters. The fourth-order valence-electron chi connectivity index (χ4n) is 2.86. The molecule has 1 fully saturated rings. The number of hydrogen-bond donors (Lipinski definition) is 0. The van der Waals surface area contributed by atoms with E-state index in [1.54, 1.807) is 12.1 Å². The molecular weight excluding hydrogens is 289 g/mol. The monoisotopic (exact) mass is 306 g/mol. The van der Waals surface area contributed by atoms with Crippen LogP contribution in [0.5, 0.6) is 0 Å². The second-order valence-corrected chi connectivity index (χ2v) is 5.67. The van der Waals surface area contributed by atoms with Crippen LogP contribution in [-0.4, -0.2) is 6.10 Å². The summed E-state index contributed by atoms with van der Waals surface area (Å²) >= 11 is 0. The fraction of sp³-hybridized carbons (Fsp3) is 0.333. The van der Waals surface area contributed by atoms with Gasteiger partial charge in [0.15, 0.2) is 0 Å².